The first kappa shape index (κ1) is 19.3. The van der Waals surface area contributed by atoms with E-state index in [1.54, 1.807) is 13.8 Å². The van der Waals surface area contributed by atoms with Gasteiger partial charge in [-0.3, -0.25) is 0 Å². The van der Waals surface area contributed by atoms with Crippen molar-refractivity contribution < 1.29 is 31.5 Å². The lowest BCUT2D eigenvalue weighted by Crippen LogP contribution is -2.42. The highest BCUT2D eigenvalue weighted by Crippen LogP contribution is 2.28. The van der Waals surface area contributed by atoms with E-state index in [9.17, 15) is 22.0 Å². The van der Waals surface area contributed by atoms with Crippen LogP contribution >= 0.6 is 0 Å². The zero-order valence-corrected chi connectivity index (χ0v) is 15.5. The third-order valence-electron chi connectivity index (χ3n) is 4.11. The Kier molecular flexibility index (Phi) is 5.20. The molecule has 0 fully saturated rings. The summed E-state index contributed by atoms with van der Waals surface area (Å²) in [5, 5.41) is -0.195. The molecule has 0 saturated carbocycles. The Balaban J connectivity index is 1.78. The predicted molar refractivity (Wildman–Crippen MR) is 91.2 cm³/mol. The number of aromatic amines is 1. The van der Waals surface area contributed by atoms with E-state index in [1.165, 1.54) is 6.07 Å². The molecular formula is C17H18F2N2O5S. The quantitative estimate of drug-likeness (QED) is 0.749. The van der Waals surface area contributed by atoms with Gasteiger partial charge in [0.25, 0.3) is 10.0 Å². The van der Waals surface area contributed by atoms with E-state index < -0.39 is 33.7 Å². The molecule has 0 amide bonds. The van der Waals surface area contributed by atoms with Crippen molar-refractivity contribution in [1.29, 1.82) is 0 Å². The van der Waals surface area contributed by atoms with Gasteiger partial charge in [0, 0.05) is 11.8 Å². The number of nitrogens with one attached hydrogen (secondary N) is 2. The van der Waals surface area contributed by atoms with Gasteiger partial charge in [-0.05, 0) is 38.0 Å². The van der Waals surface area contributed by atoms with Gasteiger partial charge in [0.05, 0.1) is 18.2 Å². The van der Waals surface area contributed by atoms with Crippen molar-refractivity contribution in [3.63, 3.8) is 0 Å². The molecule has 146 valence electrons. The molecule has 2 aromatic rings. The Bertz CT molecular complexity index is 987. The minimum Gasteiger partial charge on any atom is -0.492 e. The van der Waals surface area contributed by atoms with Crippen LogP contribution in [0.4, 0.5) is 8.78 Å². The van der Waals surface area contributed by atoms with Gasteiger partial charge in [0.2, 0.25) is 0 Å². The first-order valence-electron chi connectivity index (χ1n) is 8.21. The highest BCUT2D eigenvalue weighted by Gasteiger charge is 2.28. The number of esters is 1. The topological polar surface area (TPSA) is 97.5 Å². The fourth-order valence-corrected chi connectivity index (χ4v) is 4.11. The second kappa shape index (κ2) is 7.28. The molecule has 1 aliphatic rings. The summed E-state index contributed by atoms with van der Waals surface area (Å²) in [5.41, 5.74) is 0.847. The second-order valence-electron chi connectivity index (χ2n) is 6.10. The van der Waals surface area contributed by atoms with Gasteiger partial charge in [-0.25, -0.2) is 26.7 Å². The minimum atomic E-state index is -3.99. The van der Waals surface area contributed by atoms with Gasteiger partial charge in [-0.2, -0.15) is 0 Å². The molecule has 10 heteroatoms. The van der Waals surface area contributed by atoms with E-state index in [0.29, 0.717) is 11.3 Å². The Labute approximate surface area is 154 Å². The van der Waals surface area contributed by atoms with Gasteiger partial charge in [0.15, 0.2) is 11.6 Å². The average molecular weight is 400 g/mol. The maximum atomic E-state index is 13.4. The molecule has 1 aromatic heterocycles. The zero-order chi connectivity index (χ0) is 19.8. The Hall–Kier alpha value is -2.46. The molecule has 2 N–H and O–H groups in total. The highest BCUT2D eigenvalue weighted by atomic mass is 32.2. The Morgan fingerprint density at radius 3 is 2.74 bits per heavy atom. The molecular weight excluding hydrogens is 382 g/mol. The molecule has 0 radical (unpaired) electrons. The van der Waals surface area contributed by atoms with Crippen LogP contribution in [0.15, 0.2) is 23.2 Å². The van der Waals surface area contributed by atoms with Crippen LogP contribution in [-0.4, -0.2) is 38.6 Å². The van der Waals surface area contributed by atoms with Crippen molar-refractivity contribution >= 4 is 16.0 Å². The number of carbonyl (C=O) groups excluding carboxylic acids is 1. The third kappa shape index (κ3) is 3.96. The summed E-state index contributed by atoms with van der Waals surface area (Å²) in [6, 6.07) is 2.45. The van der Waals surface area contributed by atoms with E-state index in [4.69, 9.17) is 9.47 Å². The SMILES string of the molecule is CCOC(=O)c1cc(S(=O)(=O)N[C@@H]2COc3cc(F)c(F)cc3C2)[nH]c1C. The zero-order valence-electron chi connectivity index (χ0n) is 14.6. The molecule has 1 atom stereocenters. The summed E-state index contributed by atoms with van der Waals surface area (Å²) in [6.45, 7) is 3.33. The standard InChI is InChI=1S/C17H18F2N2O5S/c1-3-25-17(22)12-6-16(20-9(12)2)27(23,24)21-11-4-10-5-13(18)14(19)7-15(10)26-8-11/h5-7,11,20-21H,3-4,8H2,1-2H3/t11-/m0/s1. The van der Waals surface area contributed by atoms with Crippen LogP contribution in [-0.2, 0) is 21.2 Å². The van der Waals surface area contributed by atoms with Crippen LogP contribution in [0.2, 0.25) is 0 Å². The predicted octanol–water partition coefficient (Wildman–Crippen LogP) is 2.06. The second-order valence-corrected chi connectivity index (χ2v) is 7.78. The lowest BCUT2D eigenvalue weighted by molar-refractivity contribution is 0.0525. The number of sulfonamides is 1. The fourth-order valence-electron chi connectivity index (χ4n) is 2.83. The van der Waals surface area contributed by atoms with Gasteiger partial charge >= 0.3 is 5.97 Å². The number of benzene rings is 1. The monoisotopic (exact) mass is 400 g/mol. The van der Waals surface area contributed by atoms with E-state index in [-0.39, 0.29) is 36.0 Å². The molecule has 1 aromatic carbocycles. The third-order valence-corrected chi connectivity index (χ3v) is 5.55. The first-order valence-corrected chi connectivity index (χ1v) is 9.69. The maximum Gasteiger partial charge on any atom is 0.339 e. The van der Waals surface area contributed by atoms with Gasteiger partial charge in [0.1, 0.15) is 17.4 Å². The Morgan fingerprint density at radius 2 is 2.04 bits per heavy atom. The summed E-state index contributed by atoms with van der Waals surface area (Å²) < 4.78 is 64.5. The van der Waals surface area contributed by atoms with E-state index in [1.807, 2.05) is 0 Å². The van der Waals surface area contributed by atoms with Crippen molar-refractivity contribution in [3.05, 3.63) is 46.7 Å². The number of halogens is 2. The maximum absolute atomic E-state index is 13.4. The molecule has 0 saturated heterocycles. The number of carbonyl (C=O) groups is 1. The number of fused-ring (bicyclic) bond motifs is 1. The number of ether oxygens (including phenoxy) is 2. The van der Waals surface area contributed by atoms with Crippen LogP contribution in [0.1, 0.15) is 28.5 Å². The average Bonchev–Trinajstić information content (AvgIpc) is 2.99. The minimum absolute atomic E-state index is 0.0400. The Morgan fingerprint density at radius 1 is 1.33 bits per heavy atom. The van der Waals surface area contributed by atoms with Crippen molar-refractivity contribution in [2.45, 2.75) is 31.3 Å². The first-order chi connectivity index (χ1) is 12.7. The molecule has 1 aliphatic heterocycles. The van der Waals surface area contributed by atoms with Crippen LogP contribution in [0, 0.1) is 18.6 Å². The molecule has 0 aliphatic carbocycles. The largest absolute Gasteiger partial charge is 0.492 e. The van der Waals surface area contributed by atoms with Gasteiger partial charge in [-0.1, -0.05) is 0 Å². The lowest BCUT2D eigenvalue weighted by Gasteiger charge is -2.25. The summed E-state index contributed by atoms with van der Waals surface area (Å²) in [4.78, 5) is 14.5. The van der Waals surface area contributed by atoms with Crippen LogP contribution < -0.4 is 9.46 Å². The van der Waals surface area contributed by atoms with Crippen LogP contribution in [0.25, 0.3) is 0 Å². The summed E-state index contributed by atoms with van der Waals surface area (Å²) in [5.74, 6) is -2.49. The number of rotatable bonds is 5. The van der Waals surface area contributed by atoms with E-state index in [2.05, 4.69) is 9.71 Å². The molecule has 0 spiro atoms. The molecule has 3 rings (SSSR count). The summed E-state index contributed by atoms with van der Waals surface area (Å²) >= 11 is 0. The normalized spacial score (nSPS) is 16.5. The smallest absolute Gasteiger partial charge is 0.339 e. The van der Waals surface area contributed by atoms with Crippen molar-refractivity contribution in [2.24, 2.45) is 0 Å². The van der Waals surface area contributed by atoms with E-state index >= 15 is 0 Å². The number of H-pyrrole nitrogens is 1. The molecule has 0 unspecified atom stereocenters. The van der Waals surface area contributed by atoms with Gasteiger partial charge < -0.3 is 14.5 Å². The molecule has 7 nitrogen and oxygen atoms in total. The molecule has 0 bridgehead atoms. The summed E-state index contributed by atoms with van der Waals surface area (Å²) in [7, 11) is -3.99. The molecule has 27 heavy (non-hydrogen) atoms. The van der Waals surface area contributed by atoms with Crippen LogP contribution in [0.5, 0.6) is 5.75 Å². The fraction of sp³-hybridized carbons (Fsp3) is 0.353. The number of aromatic nitrogens is 1. The summed E-state index contributed by atoms with van der Waals surface area (Å²) in [6.07, 6.45) is 0.135. The van der Waals surface area contributed by atoms with Crippen molar-refractivity contribution in [1.82, 2.24) is 9.71 Å². The van der Waals surface area contributed by atoms with Crippen LogP contribution in [0.3, 0.4) is 0 Å². The highest BCUT2D eigenvalue weighted by molar-refractivity contribution is 7.89. The number of hydrogen-bond donors (Lipinski definition) is 2. The van der Waals surface area contributed by atoms with Gasteiger partial charge in [-0.15, -0.1) is 0 Å². The number of hydrogen-bond acceptors (Lipinski definition) is 5. The molecule has 2 heterocycles. The number of aryl methyl sites for hydroxylation is 1. The van der Waals surface area contributed by atoms with Crippen molar-refractivity contribution in [3.8, 4) is 5.75 Å². The van der Waals surface area contributed by atoms with Crippen molar-refractivity contribution in [2.75, 3.05) is 13.2 Å². The lowest BCUT2D eigenvalue weighted by atomic mass is 10.0. The van der Waals surface area contributed by atoms with E-state index in [0.717, 1.165) is 12.1 Å².